The van der Waals surface area contributed by atoms with Crippen LogP contribution in [0.15, 0.2) is 39.4 Å². The van der Waals surface area contributed by atoms with E-state index in [1.807, 2.05) is 30.5 Å². The SMILES string of the molecule is CSc1ccc(/C=N\N/C(N)=N\N)cc1. The number of rotatable bonds is 3. The first-order chi connectivity index (χ1) is 7.26. The lowest BCUT2D eigenvalue weighted by atomic mass is 10.2. The summed E-state index contributed by atoms with van der Waals surface area (Å²) in [7, 11) is 0. The van der Waals surface area contributed by atoms with Crippen molar-refractivity contribution in [3.63, 3.8) is 0 Å². The Morgan fingerprint density at radius 3 is 2.60 bits per heavy atom. The highest BCUT2D eigenvalue weighted by molar-refractivity contribution is 7.98. The standard InChI is InChI=1S/C9H13N5S/c1-15-8-4-2-7(3-5-8)6-12-14-9(10)13-11/h2-6H,11H2,1H3,(H3,10,13,14)/b12-6-. The largest absolute Gasteiger partial charge is 0.367 e. The van der Waals surface area contributed by atoms with E-state index in [4.69, 9.17) is 11.6 Å². The highest BCUT2D eigenvalue weighted by Gasteiger charge is 1.90. The van der Waals surface area contributed by atoms with Crippen molar-refractivity contribution >= 4 is 23.9 Å². The van der Waals surface area contributed by atoms with Gasteiger partial charge in [0.05, 0.1) is 6.21 Å². The van der Waals surface area contributed by atoms with Gasteiger partial charge in [-0.15, -0.1) is 16.9 Å². The van der Waals surface area contributed by atoms with Gasteiger partial charge in [-0.2, -0.15) is 5.10 Å². The molecular formula is C9H13N5S. The third-order valence-electron chi connectivity index (χ3n) is 1.65. The minimum Gasteiger partial charge on any atom is -0.367 e. The number of nitrogens with one attached hydrogen (secondary N) is 1. The first kappa shape index (κ1) is 11.4. The normalized spacial score (nSPS) is 11.9. The van der Waals surface area contributed by atoms with E-state index in [0.717, 1.165) is 5.56 Å². The molecular weight excluding hydrogens is 210 g/mol. The third-order valence-corrected chi connectivity index (χ3v) is 2.39. The molecule has 5 N–H and O–H groups in total. The summed E-state index contributed by atoms with van der Waals surface area (Å²) in [6, 6.07) is 7.97. The summed E-state index contributed by atoms with van der Waals surface area (Å²) in [6.45, 7) is 0. The minimum atomic E-state index is 0.0759. The van der Waals surface area contributed by atoms with Gasteiger partial charge in [-0.05, 0) is 24.0 Å². The van der Waals surface area contributed by atoms with Crippen molar-refractivity contribution in [2.45, 2.75) is 4.90 Å². The molecule has 0 aliphatic rings. The molecule has 0 spiro atoms. The summed E-state index contributed by atoms with van der Waals surface area (Å²) in [4.78, 5) is 1.21. The molecule has 1 rings (SSSR count). The molecule has 0 saturated carbocycles. The summed E-state index contributed by atoms with van der Waals surface area (Å²) in [5.41, 5.74) is 8.73. The highest BCUT2D eigenvalue weighted by Crippen LogP contribution is 2.13. The second-order valence-corrected chi connectivity index (χ2v) is 3.54. The fraction of sp³-hybridized carbons (Fsp3) is 0.111. The third kappa shape index (κ3) is 3.90. The van der Waals surface area contributed by atoms with Gasteiger partial charge in [0.1, 0.15) is 0 Å². The van der Waals surface area contributed by atoms with E-state index in [2.05, 4.69) is 15.6 Å². The molecule has 0 aromatic heterocycles. The molecule has 0 atom stereocenters. The Labute approximate surface area is 92.6 Å². The predicted octanol–water partition coefficient (Wildman–Crippen LogP) is 0.520. The van der Waals surface area contributed by atoms with Crippen LogP contribution in [0.3, 0.4) is 0 Å². The summed E-state index contributed by atoms with van der Waals surface area (Å²) in [5, 5.41) is 7.06. The number of hydrogen-bond donors (Lipinski definition) is 3. The van der Waals surface area contributed by atoms with E-state index in [0.29, 0.717) is 0 Å². The Morgan fingerprint density at radius 2 is 2.07 bits per heavy atom. The zero-order valence-corrected chi connectivity index (χ0v) is 9.16. The second-order valence-electron chi connectivity index (χ2n) is 2.66. The lowest BCUT2D eigenvalue weighted by Crippen LogP contribution is -2.28. The topological polar surface area (TPSA) is 88.8 Å². The molecule has 0 heterocycles. The molecule has 80 valence electrons. The summed E-state index contributed by atoms with van der Waals surface area (Å²) in [6.07, 6.45) is 3.67. The zero-order valence-electron chi connectivity index (χ0n) is 8.34. The molecule has 0 unspecified atom stereocenters. The van der Waals surface area contributed by atoms with E-state index in [1.54, 1.807) is 18.0 Å². The number of hydrazone groups is 2. The number of thioether (sulfide) groups is 1. The summed E-state index contributed by atoms with van der Waals surface area (Å²) < 4.78 is 0. The first-order valence-electron chi connectivity index (χ1n) is 4.22. The van der Waals surface area contributed by atoms with E-state index < -0.39 is 0 Å². The Balaban J connectivity index is 2.57. The van der Waals surface area contributed by atoms with Gasteiger partial charge in [0, 0.05) is 4.90 Å². The van der Waals surface area contributed by atoms with Crippen molar-refractivity contribution < 1.29 is 0 Å². The number of nitrogens with zero attached hydrogens (tertiary/aromatic N) is 2. The van der Waals surface area contributed by atoms with E-state index in [-0.39, 0.29) is 5.96 Å². The summed E-state index contributed by atoms with van der Waals surface area (Å²) >= 11 is 1.69. The van der Waals surface area contributed by atoms with Gasteiger partial charge in [0.25, 0.3) is 0 Å². The van der Waals surface area contributed by atoms with Gasteiger partial charge in [-0.3, -0.25) is 0 Å². The van der Waals surface area contributed by atoms with E-state index in [9.17, 15) is 0 Å². The fourth-order valence-corrected chi connectivity index (χ4v) is 1.30. The van der Waals surface area contributed by atoms with Crippen molar-refractivity contribution in [3.8, 4) is 0 Å². The van der Waals surface area contributed by atoms with Crippen molar-refractivity contribution in [2.24, 2.45) is 21.8 Å². The minimum absolute atomic E-state index is 0.0759. The van der Waals surface area contributed by atoms with Gasteiger partial charge in [-0.1, -0.05) is 12.1 Å². The lowest BCUT2D eigenvalue weighted by molar-refractivity contribution is 0.993. The molecule has 15 heavy (non-hydrogen) atoms. The molecule has 6 heteroatoms. The van der Waals surface area contributed by atoms with E-state index in [1.165, 1.54) is 4.90 Å². The van der Waals surface area contributed by atoms with Crippen LogP contribution in [0.4, 0.5) is 0 Å². The zero-order chi connectivity index (χ0) is 11.1. The van der Waals surface area contributed by atoms with Crippen LogP contribution in [0.1, 0.15) is 5.56 Å². The number of benzene rings is 1. The average Bonchev–Trinajstić information content (AvgIpc) is 2.29. The van der Waals surface area contributed by atoms with Crippen LogP contribution in [0, 0.1) is 0 Å². The van der Waals surface area contributed by atoms with Crippen LogP contribution >= 0.6 is 11.8 Å². The molecule has 1 aromatic carbocycles. The molecule has 1 aromatic rings. The molecule has 5 nitrogen and oxygen atoms in total. The van der Waals surface area contributed by atoms with Gasteiger partial charge < -0.3 is 11.6 Å². The Bertz CT molecular complexity index is 357. The van der Waals surface area contributed by atoms with Crippen LogP contribution in [-0.2, 0) is 0 Å². The van der Waals surface area contributed by atoms with Crippen molar-refractivity contribution in [1.82, 2.24) is 5.43 Å². The lowest BCUT2D eigenvalue weighted by Gasteiger charge is -1.97. The second kappa shape index (κ2) is 5.92. The predicted molar refractivity (Wildman–Crippen MR) is 64.8 cm³/mol. The summed E-state index contributed by atoms with van der Waals surface area (Å²) in [5.74, 6) is 4.99. The molecule has 0 aliphatic carbocycles. The van der Waals surface area contributed by atoms with E-state index >= 15 is 0 Å². The smallest absolute Gasteiger partial charge is 0.231 e. The maximum atomic E-state index is 5.28. The first-order valence-corrected chi connectivity index (χ1v) is 5.45. The van der Waals surface area contributed by atoms with Crippen molar-refractivity contribution in [2.75, 3.05) is 6.26 Å². The van der Waals surface area contributed by atoms with Crippen molar-refractivity contribution in [1.29, 1.82) is 0 Å². The molecule has 0 fully saturated rings. The fourth-order valence-electron chi connectivity index (χ4n) is 0.892. The molecule has 0 aliphatic heterocycles. The van der Waals surface area contributed by atoms with Crippen LogP contribution < -0.4 is 17.0 Å². The Morgan fingerprint density at radius 1 is 1.40 bits per heavy atom. The van der Waals surface area contributed by atoms with Gasteiger partial charge in [0.2, 0.25) is 5.96 Å². The van der Waals surface area contributed by atoms with Crippen LogP contribution in [0.2, 0.25) is 0 Å². The van der Waals surface area contributed by atoms with Crippen LogP contribution in [-0.4, -0.2) is 18.4 Å². The quantitative estimate of drug-likeness (QED) is 0.229. The maximum absolute atomic E-state index is 5.28. The molecule has 0 saturated heterocycles. The monoisotopic (exact) mass is 223 g/mol. The maximum Gasteiger partial charge on any atom is 0.231 e. The van der Waals surface area contributed by atoms with Crippen LogP contribution in [0.5, 0.6) is 0 Å². The molecule has 0 bridgehead atoms. The van der Waals surface area contributed by atoms with Crippen molar-refractivity contribution in [3.05, 3.63) is 29.8 Å². The molecule has 0 amide bonds. The highest BCUT2D eigenvalue weighted by atomic mass is 32.2. The number of nitrogens with two attached hydrogens (primary N) is 2. The Hall–Kier alpha value is -1.69. The van der Waals surface area contributed by atoms with Gasteiger partial charge in [-0.25, -0.2) is 5.43 Å². The number of guanidine groups is 1. The number of hydrogen-bond acceptors (Lipinski definition) is 4. The molecule has 0 radical (unpaired) electrons. The van der Waals surface area contributed by atoms with Crippen LogP contribution in [0.25, 0.3) is 0 Å². The Kier molecular flexibility index (Phi) is 4.49. The van der Waals surface area contributed by atoms with Gasteiger partial charge in [0.15, 0.2) is 0 Å². The van der Waals surface area contributed by atoms with Gasteiger partial charge >= 0.3 is 0 Å². The average molecular weight is 223 g/mol.